The van der Waals surface area contributed by atoms with E-state index in [9.17, 15) is 4.79 Å². The Kier molecular flexibility index (Phi) is 5.11. The van der Waals surface area contributed by atoms with Crippen molar-refractivity contribution in [2.24, 2.45) is 0 Å². The Morgan fingerprint density at radius 2 is 1.60 bits per heavy atom. The second-order valence-corrected chi connectivity index (χ2v) is 7.51. The summed E-state index contributed by atoms with van der Waals surface area (Å²) in [5.74, 6) is -0.0990. The van der Waals surface area contributed by atoms with Crippen molar-refractivity contribution < 1.29 is 4.79 Å². The number of hydrazine groups is 1. The molecule has 0 bridgehead atoms. The Labute approximate surface area is 157 Å². The van der Waals surface area contributed by atoms with E-state index in [4.69, 9.17) is 12.2 Å². The van der Waals surface area contributed by atoms with Crippen molar-refractivity contribution >= 4 is 51.7 Å². The zero-order chi connectivity index (χ0) is 18.0. The number of thioether (sulfide) groups is 1. The van der Waals surface area contributed by atoms with Crippen LogP contribution in [0.25, 0.3) is 6.08 Å². The van der Waals surface area contributed by atoms with E-state index in [1.54, 1.807) is 5.01 Å². The van der Waals surface area contributed by atoms with Crippen molar-refractivity contribution in [2.75, 3.05) is 31.1 Å². The third-order valence-electron chi connectivity index (χ3n) is 3.91. The van der Waals surface area contributed by atoms with Gasteiger partial charge in [0, 0.05) is 26.8 Å². The predicted molar refractivity (Wildman–Crippen MR) is 111 cm³/mol. The molecule has 1 saturated heterocycles. The first-order chi connectivity index (χ1) is 12.0. The number of anilines is 2. The first-order valence-corrected chi connectivity index (χ1v) is 9.04. The molecular weight excluding hydrogens is 350 g/mol. The third kappa shape index (κ3) is 3.70. The van der Waals surface area contributed by atoms with Gasteiger partial charge < -0.3 is 4.90 Å². The highest BCUT2D eigenvalue weighted by Gasteiger charge is 2.35. The summed E-state index contributed by atoms with van der Waals surface area (Å²) in [6.07, 6.45) is 1.89. The molecule has 0 saturated carbocycles. The zero-order valence-corrected chi connectivity index (χ0v) is 16.0. The zero-order valence-electron chi connectivity index (χ0n) is 14.3. The Morgan fingerprint density at radius 1 is 0.960 bits per heavy atom. The maximum atomic E-state index is 12.8. The van der Waals surface area contributed by atoms with E-state index < -0.39 is 0 Å². The smallest absolute Gasteiger partial charge is 0.285 e. The molecule has 1 aliphatic rings. The van der Waals surface area contributed by atoms with Crippen LogP contribution in [-0.2, 0) is 4.79 Å². The van der Waals surface area contributed by atoms with Crippen LogP contribution in [0.2, 0.25) is 0 Å². The molecule has 0 atom stereocenters. The molecule has 1 fully saturated rings. The van der Waals surface area contributed by atoms with Crippen molar-refractivity contribution in [1.29, 1.82) is 0 Å². The van der Waals surface area contributed by atoms with Gasteiger partial charge in [0.2, 0.25) is 0 Å². The first kappa shape index (κ1) is 17.5. The highest BCUT2D eigenvalue weighted by Crippen LogP contribution is 2.34. The number of carbonyl (C=O) groups excluding carboxylic acids is 1. The summed E-state index contributed by atoms with van der Waals surface area (Å²) in [7, 11) is 5.84. The van der Waals surface area contributed by atoms with Crippen molar-refractivity contribution in [2.45, 2.75) is 0 Å². The van der Waals surface area contributed by atoms with Crippen LogP contribution in [0.3, 0.4) is 0 Å². The number of amides is 1. The van der Waals surface area contributed by atoms with Gasteiger partial charge in [-0.25, -0.2) is 0 Å². The average Bonchev–Trinajstić information content (AvgIpc) is 2.89. The van der Waals surface area contributed by atoms with Crippen LogP contribution in [0.1, 0.15) is 5.56 Å². The first-order valence-electron chi connectivity index (χ1n) is 7.81. The number of carbonyl (C=O) groups is 1. The van der Waals surface area contributed by atoms with Gasteiger partial charge in [-0.05, 0) is 48.1 Å². The maximum Gasteiger partial charge on any atom is 0.285 e. The Bertz CT molecular complexity index is 816. The average molecular weight is 370 g/mol. The molecular formula is C19H19N3OS2. The van der Waals surface area contributed by atoms with E-state index in [2.05, 4.69) is 0 Å². The van der Waals surface area contributed by atoms with Crippen LogP contribution in [0.5, 0.6) is 0 Å². The number of benzene rings is 2. The van der Waals surface area contributed by atoms with Gasteiger partial charge in [0.05, 0.1) is 10.6 Å². The number of thiocarbonyl (C=S) groups is 1. The van der Waals surface area contributed by atoms with Gasteiger partial charge >= 0.3 is 0 Å². The van der Waals surface area contributed by atoms with E-state index in [1.165, 1.54) is 16.8 Å². The topological polar surface area (TPSA) is 26.8 Å². The maximum absolute atomic E-state index is 12.8. The van der Waals surface area contributed by atoms with Crippen LogP contribution in [-0.4, -0.2) is 36.4 Å². The summed E-state index contributed by atoms with van der Waals surface area (Å²) in [6, 6.07) is 17.8. The largest absolute Gasteiger partial charge is 0.378 e. The molecule has 0 N–H and O–H groups in total. The van der Waals surface area contributed by atoms with Crippen LogP contribution >= 0.6 is 24.0 Å². The molecule has 1 heterocycles. The fraction of sp³-hybridized carbons (Fsp3) is 0.158. The van der Waals surface area contributed by atoms with Crippen molar-refractivity contribution in [1.82, 2.24) is 5.01 Å². The van der Waals surface area contributed by atoms with Gasteiger partial charge in [0.1, 0.15) is 0 Å². The molecule has 1 aliphatic heterocycles. The summed E-state index contributed by atoms with van der Waals surface area (Å²) in [4.78, 5) is 15.5. The van der Waals surface area contributed by atoms with Gasteiger partial charge in [-0.2, -0.15) is 5.01 Å². The lowest BCUT2D eigenvalue weighted by atomic mass is 10.2. The molecule has 3 rings (SSSR count). The van der Waals surface area contributed by atoms with E-state index in [0.717, 1.165) is 16.9 Å². The number of nitrogens with zero attached hydrogens (tertiary/aromatic N) is 3. The Hall–Kier alpha value is -2.31. The number of rotatable bonds is 4. The van der Waals surface area contributed by atoms with Crippen LogP contribution in [0.4, 0.5) is 11.4 Å². The highest BCUT2D eigenvalue weighted by molar-refractivity contribution is 8.26. The number of hydrogen-bond donors (Lipinski definition) is 0. The van der Waals surface area contributed by atoms with E-state index in [1.807, 2.05) is 86.7 Å². The van der Waals surface area contributed by atoms with Crippen LogP contribution in [0.15, 0.2) is 59.5 Å². The minimum atomic E-state index is -0.0990. The van der Waals surface area contributed by atoms with E-state index >= 15 is 0 Å². The number of para-hydroxylation sites is 1. The van der Waals surface area contributed by atoms with Gasteiger partial charge in [-0.15, -0.1) is 0 Å². The summed E-state index contributed by atoms with van der Waals surface area (Å²) in [6.45, 7) is 0. The van der Waals surface area contributed by atoms with E-state index in [-0.39, 0.29) is 5.91 Å². The number of hydrogen-bond acceptors (Lipinski definition) is 5. The van der Waals surface area contributed by atoms with Gasteiger partial charge in [0.25, 0.3) is 5.91 Å². The van der Waals surface area contributed by atoms with Crippen LogP contribution in [0, 0.1) is 0 Å². The molecule has 2 aromatic carbocycles. The Morgan fingerprint density at radius 3 is 2.20 bits per heavy atom. The SMILES string of the molecule is CN(C)c1ccc(/C=C2\SC(=S)N(N(C)c3ccccc3)C2=O)cc1. The molecule has 2 aromatic rings. The fourth-order valence-corrected chi connectivity index (χ4v) is 3.82. The summed E-state index contributed by atoms with van der Waals surface area (Å²) >= 11 is 6.75. The molecule has 1 amide bonds. The summed E-state index contributed by atoms with van der Waals surface area (Å²) in [5, 5.41) is 3.32. The lowest BCUT2D eigenvalue weighted by Gasteiger charge is -2.28. The normalized spacial score (nSPS) is 15.8. The van der Waals surface area contributed by atoms with Crippen molar-refractivity contribution in [3.05, 3.63) is 65.1 Å². The molecule has 25 heavy (non-hydrogen) atoms. The fourth-order valence-electron chi connectivity index (χ4n) is 2.50. The van der Waals surface area contributed by atoms with Gasteiger partial charge in [0.15, 0.2) is 4.32 Å². The molecule has 4 nitrogen and oxygen atoms in total. The highest BCUT2D eigenvalue weighted by atomic mass is 32.2. The predicted octanol–water partition coefficient (Wildman–Crippen LogP) is 4.01. The summed E-state index contributed by atoms with van der Waals surface area (Å²) in [5.41, 5.74) is 3.01. The second-order valence-electron chi connectivity index (χ2n) is 5.84. The molecule has 128 valence electrons. The third-order valence-corrected chi connectivity index (χ3v) is 5.19. The molecule has 6 heteroatoms. The monoisotopic (exact) mass is 369 g/mol. The van der Waals surface area contributed by atoms with Gasteiger partial charge in [-0.3, -0.25) is 9.80 Å². The molecule has 0 spiro atoms. The second kappa shape index (κ2) is 7.29. The van der Waals surface area contributed by atoms with Crippen molar-refractivity contribution in [3.63, 3.8) is 0 Å². The lowest BCUT2D eigenvalue weighted by Crippen LogP contribution is -2.42. The van der Waals surface area contributed by atoms with Crippen molar-refractivity contribution in [3.8, 4) is 0 Å². The Balaban J connectivity index is 1.83. The molecule has 0 radical (unpaired) electrons. The standard InChI is InChI=1S/C19H19N3OS2/c1-20(2)15-11-9-14(10-12-15)13-17-18(23)22(19(24)25-17)21(3)16-7-5-4-6-8-16/h4-13H,1-3H3/b17-13-. The molecule has 0 aliphatic carbocycles. The molecule has 0 aromatic heterocycles. The van der Waals surface area contributed by atoms with Gasteiger partial charge in [-0.1, -0.05) is 42.1 Å². The molecule has 0 unspecified atom stereocenters. The van der Waals surface area contributed by atoms with Crippen LogP contribution < -0.4 is 9.91 Å². The quantitative estimate of drug-likeness (QED) is 0.600. The summed E-state index contributed by atoms with van der Waals surface area (Å²) < 4.78 is 0.535. The minimum absolute atomic E-state index is 0.0990. The van der Waals surface area contributed by atoms with E-state index in [0.29, 0.717) is 9.23 Å². The minimum Gasteiger partial charge on any atom is -0.378 e. The lowest BCUT2D eigenvalue weighted by molar-refractivity contribution is -0.122.